The Hall–Kier alpha value is -2.08. The van der Waals surface area contributed by atoms with E-state index in [4.69, 9.17) is 10.6 Å². The standard InChI is InChI=1S/C6H8N6O2/c7-11-8-3-5-4(9-12-10-5)1-2-6(13)14/h1-3H2,(H,13,14)(H,9,10,12). The van der Waals surface area contributed by atoms with Gasteiger partial charge in [-0.2, -0.15) is 15.4 Å². The van der Waals surface area contributed by atoms with Gasteiger partial charge in [0.25, 0.3) is 0 Å². The van der Waals surface area contributed by atoms with Gasteiger partial charge in [0.15, 0.2) is 0 Å². The second kappa shape index (κ2) is 4.83. The number of rotatable bonds is 5. The van der Waals surface area contributed by atoms with Crippen LogP contribution in [0.3, 0.4) is 0 Å². The Balaban J connectivity index is 2.62. The topological polar surface area (TPSA) is 128 Å². The number of azide groups is 1. The Bertz CT molecular complexity index is 366. The number of aryl methyl sites for hydroxylation is 1. The molecule has 74 valence electrons. The first-order valence-corrected chi connectivity index (χ1v) is 3.85. The third-order valence-corrected chi connectivity index (χ3v) is 1.56. The molecule has 0 saturated heterocycles. The molecule has 1 heterocycles. The molecule has 0 aromatic carbocycles. The zero-order chi connectivity index (χ0) is 10.4. The van der Waals surface area contributed by atoms with E-state index < -0.39 is 5.97 Å². The predicted molar refractivity (Wildman–Crippen MR) is 45.2 cm³/mol. The molecule has 1 rings (SSSR count). The van der Waals surface area contributed by atoms with E-state index in [0.29, 0.717) is 11.4 Å². The van der Waals surface area contributed by atoms with Crippen LogP contribution in [0.4, 0.5) is 0 Å². The largest absolute Gasteiger partial charge is 0.481 e. The van der Waals surface area contributed by atoms with Gasteiger partial charge in [0.2, 0.25) is 0 Å². The molecule has 14 heavy (non-hydrogen) atoms. The average molecular weight is 196 g/mol. The minimum atomic E-state index is -0.900. The van der Waals surface area contributed by atoms with Gasteiger partial charge < -0.3 is 5.11 Å². The number of carbonyl (C=O) groups is 1. The summed E-state index contributed by atoms with van der Waals surface area (Å²) in [5, 5.41) is 21.6. The fourth-order valence-electron chi connectivity index (χ4n) is 0.926. The van der Waals surface area contributed by atoms with Crippen molar-refractivity contribution in [2.45, 2.75) is 19.4 Å². The predicted octanol–water partition coefficient (Wildman–Crippen LogP) is 0.632. The van der Waals surface area contributed by atoms with E-state index in [-0.39, 0.29) is 19.4 Å². The van der Waals surface area contributed by atoms with Crippen LogP contribution in [-0.4, -0.2) is 26.5 Å². The monoisotopic (exact) mass is 196 g/mol. The summed E-state index contributed by atoms with van der Waals surface area (Å²) in [6, 6.07) is 0. The maximum absolute atomic E-state index is 10.3. The van der Waals surface area contributed by atoms with Crippen LogP contribution in [0.1, 0.15) is 17.8 Å². The van der Waals surface area contributed by atoms with E-state index in [9.17, 15) is 4.79 Å². The van der Waals surface area contributed by atoms with Gasteiger partial charge in [-0.1, -0.05) is 5.11 Å². The van der Waals surface area contributed by atoms with Crippen molar-refractivity contribution in [2.24, 2.45) is 5.11 Å². The SMILES string of the molecule is [N-]=[N+]=NCc1n[nH]nc1CCC(=O)O. The van der Waals surface area contributed by atoms with Gasteiger partial charge in [0, 0.05) is 11.3 Å². The van der Waals surface area contributed by atoms with Crippen LogP contribution >= 0.6 is 0 Å². The average Bonchev–Trinajstić information content (AvgIpc) is 2.58. The van der Waals surface area contributed by atoms with Crippen LogP contribution in [0, 0.1) is 0 Å². The Kier molecular flexibility index (Phi) is 3.45. The summed E-state index contributed by atoms with van der Waals surface area (Å²) >= 11 is 0. The van der Waals surface area contributed by atoms with Crippen LogP contribution in [-0.2, 0) is 17.8 Å². The van der Waals surface area contributed by atoms with Gasteiger partial charge in [-0.15, -0.1) is 0 Å². The van der Waals surface area contributed by atoms with Gasteiger partial charge in [-0.3, -0.25) is 4.79 Å². The second-order valence-electron chi connectivity index (χ2n) is 2.50. The quantitative estimate of drug-likeness (QED) is 0.406. The highest BCUT2D eigenvalue weighted by molar-refractivity contribution is 5.66. The number of aromatic amines is 1. The molecule has 0 atom stereocenters. The lowest BCUT2D eigenvalue weighted by molar-refractivity contribution is -0.136. The van der Waals surface area contributed by atoms with Gasteiger partial charge in [-0.25, -0.2) is 0 Å². The molecule has 0 aliphatic heterocycles. The molecule has 2 N–H and O–H groups in total. The number of H-pyrrole nitrogens is 1. The van der Waals surface area contributed by atoms with Crippen LogP contribution in [0.25, 0.3) is 10.4 Å². The first kappa shape index (κ1) is 10.0. The van der Waals surface area contributed by atoms with Crippen molar-refractivity contribution in [1.29, 1.82) is 0 Å². The lowest BCUT2D eigenvalue weighted by Crippen LogP contribution is -2.00. The molecule has 0 unspecified atom stereocenters. The molecule has 0 amide bonds. The Labute approximate surface area is 78.6 Å². The molecular formula is C6H8N6O2. The summed E-state index contributed by atoms with van der Waals surface area (Å²) in [7, 11) is 0. The number of aliphatic carboxylic acids is 1. The van der Waals surface area contributed by atoms with Crippen molar-refractivity contribution >= 4 is 5.97 Å². The van der Waals surface area contributed by atoms with Gasteiger partial charge >= 0.3 is 5.97 Å². The lowest BCUT2D eigenvalue weighted by Gasteiger charge is -1.93. The van der Waals surface area contributed by atoms with Crippen molar-refractivity contribution < 1.29 is 9.90 Å². The molecule has 0 aliphatic carbocycles. The van der Waals surface area contributed by atoms with Crippen molar-refractivity contribution in [3.05, 3.63) is 21.8 Å². The number of nitrogens with one attached hydrogen (secondary N) is 1. The molecular weight excluding hydrogens is 188 g/mol. The van der Waals surface area contributed by atoms with Crippen LogP contribution in [0.15, 0.2) is 5.11 Å². The number of aromatic nitrogens is 3. The van der Waals surface area contributed by atoms with Gasteiger partial charge in [0.1, 0.15) is 0 Å². The lowest BCUT2D eigenvalue weighted by atomic mass is 10.2. The van der Waals surface area contributed by atoms with Crippen molar-refractivity contribution in [1.82, 2.24) is 15.4 Å². The third-order valence-electron chi connectivity index (χ3n) is 1.56. The van der Waals surface area contributed by atoms with E-state index in [1.165, 1.54) is 0 Å². The van der Waals surface area contributed by atoms with Gasteiger partial charge in [-0.05, 0) is 5.53 Å². The zero-order valence-corrected chi connectivity index (χ0v) is 7.21. The molecule has 0 aliphatic rings. The molecule has 0 fully saturated rings. The van der Waals surface area contributed by atoms with Crippen LogP contribution in [0.5, 0.6) is 0 Å². The number of carboxylic acid groups (broad SMARTS) is 1. The molecule has 8 nitrogen and oxygen atoms in total. The molecule has 1 aromatic heterocycles. The summed E-state index contributed by atoms with van der Waals surface area (Å²) in [5.41, 5.74) is 9.10. The highest BCUT2D eigenvalue weighted by atomic mass is 16.4. The summed E-state index contributed by atoms with van der Waals surface area (Å²) in [6.45, 7) is 0.0853. The first-order valence-electron chi connectivity index (χ1n) is 3.85. The summed E-state index contributed by atoms with van der Waals surface area (Å²) in [6.07, 6.45) is 0.262. The second-order valence-corrected chi connectivity index (χ2v) is 2.50. The number of carboxylic acids is 1. The van der Waals surface area contributed by atoms with Crippen molar-refractivity contribution in [3.8, 4) is 0 Å². The molecule has 0 spiro atoms. The fraction of sp³-hybridized carbons (Fsp3) is 0.500. The maximum Gasteiger partial charge on any atom is 0.303 e. The highest BCUT2D eigenvalue weighted by Gasteiger charge is 2.08. The number of nitrogens with zero attached hydrogens (tertiary/aromatic N) is 5. The Morgan fingerprint density at radius 1 is 1.57 bits per heavy atom. The molecule has 8 heteroatoms. The molecule has 0 radical (unpaired) electrons. The smallest absolute Gasteiger partial charge is 0.303 e. The van der Waals surface area contributed by atoms with Crippen LogP contribution in [0.2, 0.25) is 0 Å². The minimum absolute atomic E-state index is 0.0181. The molecule has 1 aromatic rings. The highest BCUT2D eigenvalue weighted by Crippen LogP contribution is 2.05. The fourth-order valence-corrected chi connectivity index (χ4v) is 0.926. The van der Waals surface area contributed by atoms with Crippen molar-refractivity contribution in [3.63, 3.8) is 0 Å². The van der Waals surface area contributed by atoms with E-state index in [1.54, 1.807) is 0 Å². The number of hydrogen-bond donors (Lipinski definition) is 2. The normalized spacial score (nSPS) is 9.43. The van der Waals surface area contributed by atoms with E-state index >= 15 is 0 Å². The Morgan fingerprint density at radius 2 is 2.29 bits per heavy atom. The minimum Gasteiger partial charge on any atom is -0.481 e. The number of hydrogen-bond acceptors (Lipinski definition) is 4. The van der Waals surface area contributed by atoms with E-state index in [0.717, 1.165) is 0 Å². The van der Waals surface area contributed by atoms with E-state index in [2.05, 4.69) is 25.4 Å². The maximum atomic E-state index is 10.3. The zero-order valence-electron chi connectivity index (χ0n) is 7.21. The third kappa shape index (κ3) is 2.76. The molecule has 0 saturated carbocycles. The summed E-state index contributed by atoms with van der Waals surface area (Å²) in [4.78, 5) is 12.9. The molecule has 0 bridgehead atoms. The summed E-state index contributed by atoms with van der Waals surface area (Å²) < 4.78 is 0. The van der Waals surface area contributed by atoms with Crippen LogP contribution < -0.4 is 0 Å². The summed E-state index contributed by atoms with van der Waals surface area (Å²) in [5.74, 6) is -0.900. The van der Waals surface area contributed by atoms with Crippen molar-refractivity contribution in [2.75, 3.05) is 0 Å². The Morgan fingerprint density at radius 3 is 2.93 bits per heavy atom. The first-order chi connectivity index (χ1) is 6.74. The van der Waals surface area contributed by atoms with Gasteiger partial charge in [0.05, 0.1) is 24.4 Å². The van der Waals surface area contributed by atoms with E-state index in [1.807, 2.05) is 0 Å².